The molecule has 0 saturated carbocycles. The quantitative estimate of drug-likeness (QED) is 0.579. The number of rotatable bonds is 4. The first-order valence-electron chi connectivity index (χ1n) is 7.94. The maximum Gasteiger partial charge on any atom is 0.175 e. The molecule has 1 aliphatic rings. The number of aromatic amines is 1. The first-order valence-corrected chi connectivity index (χ1v) is 7.94. The highest BCUT2D eigenvalue weighted by atomic mass is 15.3. The predicted octanol–water partition coefficient (Wildman–Crippen LogP) is 1.29. The van der Waals surface area contributed by atoms with Crippen molar-refractivity contribution in [1.29, 1.82) is 5.41 Å². The lowest BCUT2D eigenvalue weighted by Gasteiger charge is -2.37. The van der Waals surface area contributed by atoms with Crippen LogP contribution >= 0.6 is 0 Å². The minimum atomic E-state index is 0.334. The van der Waals surface area contributed by atoms with Gasteiger partial charge in [-0.25, -0.2) is 4.99 Å². The van der Waals surface area contributed by atoms with Crippen LogP contribution in [-0.2, 0) is 0 Å². The van der Waals surface area contributed by atoms with Gasteiger partial charge in [-0.2, -0.15) is 5.10 Å². The number of hydrogen-bond donors (Lipinski definition) is 3. The van der Waals surface area contributed by atoms with Crippen LogP contribution in [0.1, 0.15) is 12.1 Å². The normalized spacial score (nSPS) is 15.6. The minimum Gasteiger partial charge on any atom is -0.387 e. The van der Waals surface area contributed by atoms with E-state index in [0.29, 0.717) is 23.9 Å². The average Bonchev–Trinajstić information content (AvgIpc) is 3.00. The van der Waals surface area contributed by atoms with Gasteiger partial charge in [0.25, 0.3) is 0 Å². The molecule has 126 valence electrons. The van der Waals surface area contributed by atoms with Gasteiger partial charge in [-0.1, -0.05) is 0 Å². The highest BCUT2D eigenvalue weighted by molar-refractivity contribution is 6.01. The van der Waals surface area contributed by atoms with Gasteiger partial charge >= 0.3 is 0 Å². The van der Waals surface area contributed by atoms with Gasteiger partial charge in [0.2, 0.25) is 0 Å². The first-order chi connectivity index (χ1) is 11.6. The Balaban J connectivity index is 1.52. The zero-order valence-corrected chi connectivity index (χ0v) is 13.7. The molecule has 0 aromatic carbocycles. The van der Waals surface area contributed by atoms with Crippen molar-refractivity contribution in [2.45, 2.75) is 13.3 Å². The number of hydrogen-bond acceptors (Lipinski definition) is 5. The second-order valence-electron chi connectivity index (χ2n) is 5.82. The Bertz CT molecular complexity index is 713. The third-order valence-electron chi connectivity index (χ3n) is 3.99. The van der Waals surface area contributed by atoms with Crippen molar-refractivity contribution in [2.24, 2.45) is 10.7 Å². The van der Waals surface area contributed by atoms with Crippen LogP contribution in [0.4, 0.5) is 11.5 Å². The molecule has 0 bridgehead atoms. The predicted molar refractivity (Wildman–Crippen MR) is 95.0 cm³/mol. The lowest BCUT2D eigenvalue weighted by Crippen LogP contribution is -2.49. The topological polar surface area (TPSA) is 110 Å². The Morgan fingerprint density at radius 3 is 2.62 bits per heavy atom. The van der Waals surface area contributed by atoms with E-state index in [1.165, 1.54) is 5.69 Å². The van der Waals surface area contributed by atoms with Gasteiger partial charge in [-0.3, -0.25) is 15.5 Å². The number of nitrogens with one attached hydrogen (secondary N) is 2. The van der Waals surface area contributed by atoms with Crippen molar-refractivity contribution in [2.75, 3.05) is 31.1 Å². The van der Waals surface area contributed by atoms with E-state index in [0.717, 1.165) is 31.9 Å². The number of piperazine rings is 1. The van der Waals surface area contributed by atoms with Gasteiger partial charge in [-0.05, 0) is 19.1 Å². The number of amidine groups is 2. The fourth-order valence-corrected chi connectivity index (χ4v) is 2.72. The van der Waals surface area contributed by atoms with Gasteiger partial charge in [0.05, 0.1) is 6.42 Å². The van der Waals surface area contributed by atoms with E-state index in [2.05, 4.69) is 30.0 Å². The summed E-state index contributed by atoms with van der Waals surface area (Å²) in [6.07, 6.45) is 3.94. The monoisotopic (exact) mass is 326 g/mol. The van der Waals surface area contributed by atoms with E-state index in [1.54, 1.807) is 12.4 Å². The third-order valence-corrected chi connectivity index (χ3v) is 3.99. The lowest BCUT2D eigenvalue weighted by molar-refractivity contribution is 0.380. The molecule has 1 aliphatic heterocycles. The number of nitrogens with zero attached hydrogens (tertiary/aromatic N) is 5. The molecule has 4 N–H and O–H groups in total. The molecule has 0 amide bonds. The Hall–Kier alpha value is -2.90. The number of pyridine rings is 1. The second kappa shape index (κ2) is 7.12. The SMILES string of the molecule is Cc1cc(N=C(N)CC(=N)N2CCN(c3ccncc3)CC2)n[nH]1. The summed E-state index contributed by atoms with van der Waals surface area (Å²) in [6.45, 7) is 5.27. The minimum absolute atomic E-state index is 0.334. The van der Waals surface area contributed by atoms with Crippen LogP contribution < -0.4 is 10.6 Å². The fourth-order valence-electron chi connectivity index (χ4n) is 2.72. The molecule has 3 rings (SSSR count). The van der Waals surface area contributed by atoms with E-state index in [4.69, 9.17) is 11.1 Å². The molecular formula is C16H22N8. The molecule has 0 radical (unpaired) electrons. The Kier molecular flexibility index (Phi) is 4.74. The molecule has 2 aromatic heterocycles. The summed E-state index contributed by atoms with van der Waals surface area (Å²) in [6, 6.07) is 5.85. The van der Waals surface area contributed by atoms with Gasteiger partial charge in [-0.15, -0.1) is 0 Å². The first kappa shape index (κ1) is 16.0. The van der Waals surface area contributed by atoms with Crippen LogP contribution in [0.2, 0.25) is 0 Å². The molecule has 0 aliphatic carbocycles. The average molecular weight is 326 g/mol. The van der Waals surface area contributed by atoms with E-state index in [1.807, 2.05) is 25.1 Å². The molecule has 3 heterocycles. The number of nitrogens with two attached hydrogens (primary N) is 1. The van der Waals surface area contributed by atoms with Crippen molar-refractivity contribution >= 4 is 23.2 Å². The van der Waals surface area contributed by atoms with Crippen molar-refractivity contribution < 1.29 is 0 Å². The highest BCUT2D eigenvalue weighted by Gasteiger charge is 2.19. The van der Waals surface area contributed by atoms with E-state index < -0.39 is 0 Å². The number of anilines is 1. The van der Waals surface area contributed by atoms with Gasteiger partial charge < -0.3 is 15.5 Å². The maximum atomic E-state index is 8.26. The zero-order chi connectivity index (χ0) is 16.9. The molecule has 2 aromatic rings. The maximum absolute atomic E-state index is 8.26. The summed E-state index contributed by atoms with van der Waals surface area (Å²) in [5.74, 6) is 1.46. The number of aromatic nitrogens is 3. The second-order valence-corrected chi connectivity index (χ2v) is 5.82. The molecular weight excluding hydrogens is 304 g/mol. The summed E-state index contributed by atoms with van der Waals surface area (Å²) in [5, 5.41) is 15.1. The molecule has 8 nitrogen and oxygen atoms in total. The molecule has 1 saturated heterocycles. The Morgan fingerprint density at radius 2 is 2.00 bits per heavy atom. The summed E-state index contributed by atoms with van der Waals surface area (Å²) in [5.41, 5.74) is 8.06. The standard InChI is InChI=1S/C16H22N8/c1-12-10-16(22-21-12)20-14(17)11-15(18)24-8-6-23(7-9-24)13-2-4-19-5-3-13/h2-5,10,18H,6-9,11H2,1H3,(H3,17,20,21,22). The van der Waals surface area contributed by atoms with Crippen LogP contribution in [0.15, 0.2) is 35.6 Å². The van der Waals surface area contributed by atoms with Crippen LogP contribution in [0, 0.1) is 12.3 Å². The number of aryl methyl sites for hydroxylation is 1. The highest BCUT2D eigenvalue weighted by Crippen LogP contribution is 2.15. The third kappa shape index (κ3) is 3.89. The smallest absolute Gasteiger partial charge is 0.175 e. The van der Waals surface area contributed by atoms with E-state index in [-0.39, 0.29) is 0 Å². The van der Waals surface area contributed by atoms with Crippen molar-refractivity contribution in [3.8, 4) is 0 Å². The molecule has 0 unspecified atom stereocenters. The van der Waals surface area contributed by atoms with Crippen LogP contribution in [-0.4, -0.2) is 57.9 Å². The summed E-state index contributed by atoms with van der Waals surface area (Å²) in [4.78, 5) is 12.6. The number of aliphatic imine (C=N–C) groups is 1. The number of H-pyrrole nitrogens is 1. The fraction of sp³-hybridized carbons (Fsp3) is 0.375. The summed E-state index contributed by atoms with van der Waals surface area (Å²) < 4.78 is 0. The van der Waals surface area contributed by atoms with Crippen LogP contribution in [0.25, 0.3) is 0 Å². The van der Waals surface area contributed by atoms with E-state index in [9.17, 15) is 0 Å². The van der Waals surface area contributed by atoms with Crippen molar-refractivity contribution in [3.05, 3.63) is 36.3 Å². The Morgan fingerprint density at radius 1 is 1.29 bits per heavy atom. The van der Waals surface area contributed by atoms with Gasteiger partial charge in [0.15, 0.2) is 5.82 Å². The van der Waals surface area contributed by atoms with Crippen molar-refractivity contribution in [1.82, 2.24) is 20.1 Å². The van der Waals surface area contributed by atoms with Crippen LogP contribution in [0.3, 0.4) is 0 Å². The lowest BCUT2D eigenvalue weighted by atomic mass is 10.2. The van der Waals surface area contributed by atoms with Crippen LogP contribution in [0.5, 0.6) is 0 Å². The molecule has 24 heavy (non-hydrogen) atoms. The molecule has 0 atom stereocenters. The van der Waals surface area contributed by atoms with Gasteiger partial charge in [0.1, 0.15) is 11.7 Å². The molecule has 0 spiro atoms. The van der Waals surface area contributed by atoms with Gasteiger partial charge in [0, 0.05) is 56.0 Å². The zero-order valence-electron chi connectivity index (χ0n) is 13.7. The molecule has 1 fully saturated rings. The summed E-state index contributed by atoms with van der Waals surface area (Å²) >= 11 is 0. The Labute approximate surface area is 140 Å². The van der Waals surface area contributed by atoms with E-state index >= 15 is 0 Å². The largest absolute Gasteiger partial charge is 0.387 e. The summed E-state index contributed by atoms with van der Waals surface area (Å²) in [7, 11) is 0. The van der Waals surface area contributed by atoms with Crippen molar-refractivity contribution in [3.63, 3.8) is 0 Å². The molecule has 8 heteroatoms.